The molecule has 1 heterocycles. The van der Waals surface area contributed by atoms with Crippen molar-refractivity contribution in [2.24, 2.45) is 0 Å². The minimum Gasteiger partial charge on any atom is -0.396 e. The molecule has 0 aliphatic rings. The molecule has 3 N–H and O–H groups in total. The van der Waals surface area contributed by atoms with Crippen molar-refractivity contribution in [3.8, 4) is 0 Å². The number of benzene rings is 1. The molecule has 0 radical (unpaired) electrons. The van der Waals surface area contributed by atoms with E-state index >= 15 is 0 Å². The first-order valence-electron chi connectivity index (χ1n) is 3.71. The number of nitrogen functional groups attached to an aromatic ring is 1. The number of nitrogens with two attached hydrogens (primary N) is 1. The SMILES string of the molecule is Cc1cc2cc(F)c(N)cc2[nH]1. The standard InChI is InChI=1S/C9H9FN2/c1-5-2-6-3-7(10)8(11)4-9(6)12-5/h2-4,12H,11H2,1H3. The zero-order valence-electron chi connectivity index (χ0n) is 6.69. The van der Waals surface area contributed by atoms with Crippen molar-refractivity contribution in [2.45, 2.75) is 6.92 Å². The molecule has 12 heavy (non-hydrogen) atoms. The van der Waals surface area contributed by atoms with Crippen LogP contribution in [0.4, 0.5) is 10.1 Å². The number of rotatable bonds is 0. The second-order valence-corrected chi connectivity index (χ2v) is 2.91. The summed E-state index contributed by atoms with van der Waals surface area (Å²) in [6.07, 6.45) is 0. The molecular formula is C9H9FN2. The number of aryl methyl sites for hydroxylation is 1. The summed E-state index contributed by atoms with van der Waals surface area (Å²) in [5.41, 5.74) is 7.47. The fourth-order valence-corrected chi connectivity index (χ4v) is 1.31. The van der Waals surface area contributed by atoms with Crippen molar-refractivity contribution in [1.29, 1.82) is 0 Å². The van der Waals surface area contributed by atoms with Crippen LogP contribution in [0.2, 0.25) is 0 Å². The highest BCUT2D eigenvalue weighted by Gasteiger charge is 2.02. The summed E-state index contributed by atoms with van der Waals surface area (Å²) in [7, 11) is 0. The molecule has 62 valence electrons. The zero-order chi connectivity index (χ0) is 8.72. The van der Waals surface area contributed by atoms with Gasteiger partial charge in [-0.1, -0.05) is 0 Å². The van der Waals surface area contributed by atoms with Crippen molar-refractivity contribution in [2.75, 3.05) is 5.73 Å². The van der Waals surface area contributed by atoms with Gasteiger partial charge in [0.2, 0.25) is 0 Å². The summed E-state index contributed by atoms with van der Waals surface area (Å²) in [5, 5.41) is 0.860. The molecule has 0 atom stereocenters. The molecule has 0 saturated heterocycles. The van der Waals surface area contributed by atoms with E-state index in [0.717, 1.165) is 16.6 Å². The molecule has 0 amide bonds. The number of H-pyrrole nitrogens is 1. The number of hydrogen-bond acceptors (Lipinski definition) is 1. The lowest BCUT2D eigenvalue weighted by molar-refractivity contribution is 0.634. The average Bonchev–Trinajstić information content (AvgIpc) is 2.30. The van der Waals surface area contributed by atoms with Crippen molar-refractivity contribution < 1.29 is 4.39 Å². The van der Waals surface area contributed by atoms with Gasteiger partial charge in [0.05, 0.1) is 5.69 Å². The van der Waals surface area contributed by atoms with Gasteiger partial charge in [-0.15, -0.1) is 0 Å². The summed E-state index contributed by atoms with van der Waals surface area (Å²) < 4.78 is 12.9. The predicted molar refractivity (Wildman–Crippen MR) is 47.4 cm³/mol. The molecule has 0 spiro atoms. The summed E-state index contributed by atoms with van der Waals surface area (Å²) in [5.74, 6) is -0.360. The van der Waals surface area contributed by atoms with E-state index in [-0.39, 0.29) is 11.5 Å². The largest absolute Gasteiger partial charge is 0.396 e. The second kappa shape index (κ2) is 2.24. The number of nitrogens with one attached hydrogen (secondary N) is 1. The summed E-state index contributed by atoms with van der Waals surface area (Å²) in [4.78, 5) is 3.08. The van der Waals surface area contributed by atoms with Gasteiger partial charge in [-0.05, 0) is 25.1 Å². The van der Waals surface area contributed by atoms with Gasteiger partial charge in [0.15, 0.2) is 0 Å². The number of halogens is 1. The van der Waals surface area contributed by atoms with Gasteiger partial charge < -0.3 is 10.7 Å². The second-order valence-electron chi connectivity index (χ2n) is 2.91. The summed E-state index contributed by atoms with van der Waals surface area (Å²) >= 11 is 0. The third kappa shape index (κ3) is 0.942. The van der Waals surface area contributed by atoms with Crippen LogP contribution in [0.5, 0.6) is 0 Å². The van der Waals surface area contributed by atoms with Gasteiger partial charge in [-0.25, -0.2) is 4.39 Å². The maximum Gasteiger partial charge on any atom is 0.146 e. The molecule has 2 nitrogen and oxygen atoms in total. The van der Waals surface area contributed by atoms with Crippen LogP contribution in [0.1, 0.15) is 5.69 Å². The Bertz CT molecular complexity index is 392. The highest BCUT2D eigenvalue weighted by Crippen LogP contribution is 2.20. The fourth-order valence-electron chi connectivity index (χ4n) is 1.31. The van der Waals surface area contributed by atoms with Gasteiger partial charge in [-0.3, -0.25) is 0 Å². The van der Waals surface area contributed by atoms with E-state index in [9.17, 15) is 4.39 Å². The molecule has 0 aliphatic heterocycles. The minimum absolute atomic E-state index is 0.185. The number of aromatic nitrogens is 1. The Hall–Kier alpha value is -1.51. The minimum atomic E-state index is -0.360. The van der Waals surface area contributed by atoms with Crippen LogP contribution in [-0.4, -0.2) is 4.98 Å². The molecule has 1 aromatic heterocycles. The maximum atomic E-state index is 12.9. The zero-order valence-corrected chi connectivity index (χ0v) is 6.69. The van der Waals surface area contributed by atoms with Crippen molar-refractivity contribution in [3.05, 3.63) is 29.7 Å². The molecule has 2 rings (SSSR count). The molecule has 0 saturated carbocycles. The van der Waals surface area contributed by atoms with Crippen molar-refractivity contribution in [1.82, 2.24) is 4.98 Å². The Morgan fingerprint density at radius 2 is 2.08 bits per heavy atom. The smallest absolute Gasteiger partial charge is 0.146 e. The van der Waals surface area contributed by atoms with Gasteiger partial charge in [0, 0.05) is 16.6 Å². The Morgan fingerprint density at radius 1 is 1.33 bits per heavy atom. The van der Waals surface area contributed by atoms with Gasteiger partial charge in [0.1, 0.15) is 5.82 Å². The van der Waals surface area contributed by atoms with E-state index in [1.165, 1.54) is 6.07 Å². The summed E-state index contributed by atoms with van der Waals surface area (Å²) in [6, 6.07) is 4.93. The van der Waals surface area contributed by atoms with Crippen LogP contribution in [-0.2, 0) is 0 Å². The third-order valence-corrected chi connectivity index (χ3v) is 1.87. The number of fused-ring (bicyclic) bond motifs is 1. The van der Waals surface area contributed by atoms with Gasteiger partial charge in [0.25, 0.3) is 0 Å². The first-order chi connectivity index (χ1) is 5.66. The topological polar surface area (TPSA) is 41.8 Å². The molecule has 0 unspecified atom stereocenters. The molecule has 3 heteroatoms. The van der Waals surface area contributed by atoms with E-state index in [0.29, 0.717) is 0 Å². The molecule has 2 aromatic rings. The monoisotopic (exact) mass is 164 g/mol. The molecule has 0 aliphatic carbocycles. The average molecular weight is 164 g/mol. The van der Waals surface area contributed by atoms with Crippen molar-refractivity contribution in [3.63, 3.8) is 0 Å². The fraction of sp³-hybridized carbons (Fsp3) is 0.111. The molecule has 0 fully saturated rings. The van der Waals surface area contributed by atoms with Crippen LogP contribution in [0.25, 0.3) is 10.9 Å². The van der Waals surface area contributed by atoms with E-state index in [1.807, 2.05) is 13.0 Å². The van der Waals surface area contributed by atoms with Gasteiger partial charge >= 0.3 is 0 Å². The lowest BCUT2D eigenvalue weighted by atomic mass is 10.2. The van der Waals surface area contributed by atoms with Crippen molar-refractivity contribution >= 4 is 16.6 Å². The van der Waals surface area contributed by atoms with E-state index in [4.69, 9.17) is 5.73 Å². The first kappa shape index (κ1) is 7.16. The maximum absolute atomic E-state index is 12.9. The Balaban J connectivity index is 2.83. The third-order valence-electron chi connectivity index (χ3n) is 1.87. The van der Waals surface area contributed by atoms with E-state index < -0.39 is 0 Å². The lowest BCUT2D eigenvalue weighted by Gasteiger charge is -1.95. The number of hydrogen-bond donors (Lipinski definition) is 2. The molecular weight excluding hydrogens is 155 g/mol. The number of aromatic amines is 1. The Morgan fingerprint density at radius 3 is 2.83 bits per heavy atom. The first-order valence-corrected chi connectivity index (χ1v) is 3.71. The predicted octanol–water partition coefficient (Wildman–Crippen LogP) is 2.20. The van der Waals surface area contributed by atoms with E-state index in [1.54, 1.807) is 6.07 Å². The lowest BCUT2D eigenvalue weighted by Crippen LogP contribution is -1.88. The van der Waals surface area contributed by atoms with E-state index in [2.05, 4.69) is 4.98 Å². The van der Waals surface area contributed by atoms with Crippen LogP contribution in [0.3, 0.4) is 0 Å². The highest BCUT2D eigenvalue weighted by atomic mass is 19.1. The molecule has 0 bridgehead atoms. The molecule has 1 aromatic carbocycles. The highest BCUT2D eigenvalue weighted by molar-refractivity contribution is 5.83. The Labute approximate surface area is 69.2 Å². The van der Waals surface area contributed by atoms with Crippen LogP contribution in [0, 0.1) is 12.7 Å². The van der Waals surface area contributed by atoms with Crippen LogP contribution >= 0.6 is 0 Å². The van der Waals surface area contributed by atoms with Crippen LogP contribution < -0.4 is 5.73 Å². The quantitative estimate of drug-likeness (QED) is 0.576. The van der Waals surface area contributed by atoms with Crippen LogP contribution in [0.15, 0.2) is 18.2 Å². The Kier molecular flexibility index (Phi) is 1.33. The number of anilines is 1. The summed E-state index contributed by atoms with van der Waals surface area (Å²) in [6.45, 7) is 1.92. The van der Waals surface area contributed by atoms with Gasteiger partial charge in [-0.2, -0.15) is 0 Å². The normalized spacial score (nSPS) is 10.8.